The quantitative estimate of drug-likeness (QED) is 0.506. The summed E-state index contributed by atoms with van der Waals surface area (Å²) >= 11 is 0. The molecule has 0 bridgehead atoms. The summed E-state index contributed by atoms with van der Waals surface area (Å²) in [5.41, 5.74) is 0.915. The lowest BCUT2D eigenvalue weighted by Crippen LogP contribution is -2.39. The van der Waals surface area contributed by atoms with Crippen LogP contribution in [0.2, 0.25) is 0 Å². The van der Waals surface area contributed by atoms with Crippen molar-refractivity contribution in [2.24, 2.45) is 10.8 Å². The molecule has 0 saturated heterocycles. The van der Waals surface area contributed by atoms with Gasteiger partial charge >= 0.3 is 0 Å². The normalized spacial score (nSPS) is 26.8. The predicted octanol–water partition coefficient (Wildman–Crippen LogP) is 2.96. The second-order valence-electron chi connectivity index (χ2n) is 5.10. The summed E-state index contributed by atoms with van der Waals surface area (Å²) in [6.45, 7) is 10.2. The zero-order valence-corrected chi connectivity index (χ0v) is 8.69. The molecule has 0 N–H and O–H groups in total. The van der Waals surface area contributed by atoms with Crippen molar-refractivity contribution in [1.82, 2.24) is 0 Å². The average Bonchev–Trinajstić information content (AvgIpc) is 1.80. The van der Waals surface area contributed by atoms with Crippen molar-refractivity contribution in [3.63, 3.8) is 0 Å². The Morgan fingerprint density at radius 1 is 1.25 bits per heavy atom. The summed E-state index contributed by atoms with van der Waals surface area (Å²) in [6.07, 6.45) is 3.01. The summed E-state index contributed by atoms with van der Waals surface area (Å²) in [6, 6.07) is 0. The van der Waals surface area contributed by atoms with Gasteiger partial charge in [0.05, 0.1) is 0 Å². The maximum atomic E-state index is 11.9. The first-order chi connectivity index (χ1) is 5.26. The fourth-order valence-electron chi connectivity index (χ4n) is 2.38. The Kier molecular flexibility index (Phi) is 1.94. The van der Waals surface area contributed by atoms with Gasteiger partial charge in [-0.1, -0.05) is 25.5 Å². The molecule has 0 radical (unpaired) electrons. The molecular weight excluding hydrogens is 148 g/mol. The van der Waals surface area contributed by atoms with Gasteiger partial charge in [-0.15, -0.1) is 0 Å². The second-order valence-corrected chi connectivity index (χ2v) is 5.10. The van der Waals surface area contributed by atoms with Gasteiger partial charge in [-0.25, -0.2) is 0 Å². The van der Waals surface area contributed by atoms with Crippen LogP contribution in [0.4, 0.5) is 0 Å². The first kappa shape index (κ1) is 9.50. The van der Waals surface area contributed by atoms with Crippen LogP contribution in [0.15, 0.2) is 11.6 Å². The average molecular weight is 166 g/mol. The van der Waals surface area contributed by atoms with Crippen molar-refractivity contribution in [1.29, 1.82) is 0 Å². The zero-order valence-electron chi connectivity index (χ0n) is 8.69. The van der Waals surface area contributed by atoms with Crippen molar-refractivity contribution in [3.05, 3.63) is 11.6 Å². The van der Waals surface area contributed by atoms with Gasteiger partial charge < -0.3 is 0 Å². The van der Waals surface area contributed by atoms with Crippen molar-refractivity contribution in [2.75, 3.05) is 0 Å². The molecule has 1 nitrogen and oxygen atoms in total. The minimum atomic E-state index is -0.258. The monoisotopic (exact) mass is 166 g/mol. The molecule has 0 aliphatic heterocycles. The van der Waals surface area contributed by atoms with Gasteiger partial charge in [0.15, 0.2) is 0 Å². The van der Waals surface area contributed by atoms with E-state index in [4.69, 9.17) is 0 Å². The molecular formula is C11H18O. The van der Waals surface area contributed by atoms with Gasteiger partial charge in [0.2, 0.25) is 0 Å². The van der Waals surface area contributed by atoms with Gasteiger partial charge in [0, 0.05) is 10.8 Å². The number of ketones is 1. The van der Waals surface area contributed by atoms with E-state index in [9.17, 15) is 4.79 Å². The molecule has 1 heteroatoms. The van der Waals surface area contributed by atoms with E-state index < -0.39 is 0 Å². The molecule has 0 atom stereocenters. The molecule has 0 heterocycles. The van der Waals surface area contributed by atoms with E-state index in [1.54, 1.807) is 0 Å². The summed E-state index contributed by atoms with van der Waals surface area (Å²) in [5.74, 6) is 0.362. The van der Waals surface area contributed by atoms with Crippen LogP contribution in [0.5, 0.6) is 0 Å². The van der Waals surface area contributed by atoms with E-state index in [0.29, 0.717) is 5.78 Å². The van der Waals surface area contributed by atoms with Crippen molar-refractivity contribution < 1.29 is 4.79 Å². The van der Waals surface area contributed by atoms with Crippen molar-refractivity contribution >= 4 is 5.78 Å². The van der Waals surface area contributed by atoms with Gasteiger partial charge in [-0.2, -0.15) is 0 Å². The minimum absolute atomic E-state index is 0.164. The molecule has 12 heavy (non-hydrogen) atoms. The number of allylic oxidation sites excluding steroid dienone is 2. The molecule has 1 rings (SSSR count). The highest BCUT2D eigenvalue weighted by atomic mass is 16.1. The molecule has 68 valence electrons. The summed E-state index contributed by atoms with van der Waals surface area (Å²) < 4.78 is 0. The SMILES string of the molecule is CC1=CC(C)(C)C(=O)C(C)(C)C1. The first-order valence-electron chi connectivity index (χ1n) is 4.49. The first-order valence-corrected chi connectivity index (χ1v) is 4.49. The fourth-order valence-corrected chi connectivity index (χ4v) is 2.38. The van der Waals surface area contributed by atoms with E-state index >= 15 is 0 Å². The number of hydrogen-bond donors (Lipinski definition) is 0. The third-order valence-corrected chi connectivity index (χ3v) is 2.53. The van der Waals surface area contributed by atoms with Crippen molar-refractivity contribution in [3.8, 4) is 0 Å². The topological polar surface area (TPSA) is 17.1 Å². The number of carbonyl (C=O) groups excluding carboxylic acids is 1. The van der Waals surface area contributed by atoms with E-state index in [1.807, 2.05) is 27.7 Å². The highest BCUT2D eigenvalue weighted by Gasteiger charge is 2.40. The summed E-state index contributed by atoms with van der Waals surface area (Å²) in [4.78, 5) is 11.9. The van der Waals surface area contributed by atoms with Crippen LogP contribution in [0.25, 0.3) is 0 Å². The van der Waals surface area contributed by atoms with E-state index in [2.05, 4.69) is 13.0 Å². The Bertz CT molecular complexity index is 244. The molecule has 1 aliphatic rings. The molecule has 0 saturated carbocycles. The van der Waals surface area contributed by atoms with E-state index in [-0.39, 0.29) is 10.8 Å². The maximum Gasteiger partial charge on any atom is 0.148 e. The lowest BCUT2D eigenvalue weighted by molar-refractivity contribution is -0.134. The summed E-state index contributed by atoms with van der Waals surface area (Å²) in [5, 5.41) is 0. The molecule has 0 amide bonds. The third-order valence-electron chi connectivity index (χ3n) is 2.53. The van der Waals surface area contributed by atoms with Crippen LogP contribution in [-0.2, 0) is 4.79 Å². The number of hydrogen-bond acceptors (Lipinski definition) is 1. The Morgan fingerprint density at radius 2 is 1.75 bits per heavy atom. The Balaban J connectivity index is 3.11. The Morgan fingerprint density at radius 3 is 2.17 bits per heavy atom. The zero-order chi connectivity index (χ0) is 9.57. The van der Waals surface area contributed by atoms with E-state index in [1.165, 1.54) is 5.57 Å². The molecule has 0 unspecified atom stereocenters. The van der Waals surface area contributed by atoms with Crippen LogP contribution >= 0.6 is 0 Å². The van der Waals surface area contributed by atoms with Crippen LogP contribution in [0.1, 0.15) is 41.0 Å². The second kappa shape index (κ2) is 2.45. The molecule has 1 aliphatic carbocycles. The van der Waals surface area contributed by atoms with Crippen LogP contribution in [0, 0.1) is 10.8 Å². The Hall–Kier alpha value is -0.590. The largest absolute Gasteiger partial charge is 0.298 e. The number of Topliss-reactive ketones (excluding diaryl/α,β-unsaturated/α-hetero) is 1. The smallest absolute Gasteiger partial charge is 0.148 e. The van der Waals surface area contributed by atoms with Crippen LogP contribution in [-0.4, -0.2) is 5.78 Å². The fraction of sp³-hybridized carbons (Fsp3) is 0.727. The van der Waals surface area contributed by atoms with Gasteiger partial charge in [-0.05, 0) is 27.2 Å². The lowest BCUT2D eigenvalue weighted by Gasteiger charge is -2.36. The highest BCUT2D eigenvalue weighted by Crippen LogP contribution is 2.40. The number of rotatable bonds is 0. The summed E-state index contributed by atoms with van der Waals surface area (Å²) in [7, 11) is 0. The molecule has 0 aromatic heterocycles. The van der Waals surface area contributed by atoms with Gasteiger partial charge in [0.25, 0.3) is 0 Å². The third kappa shape index (κ3) is 1.45. The Labute approximate surface area is 74.9 Å². The van der Waals surface area contributed by atoms with Crippen LogP contribution in [0.3, 0.4) is 0 Å². The van der Waals surface area contributed by atoms with E-state index in [0.717, 1.165) is 6.42 Å². The van der Waals surface area contributed by atoms with Gasteiger partial charge in [-0.3, -0.25) is 4.79 Å². The highest BCUT2D eigenvalue weighted by molar-refractivity contribution is 5.92. The molecule has 0 spiro atoms. The maximum absolute atomic E-state index is 11.9. The standard InChI is InChI=1S/C11H18O/c1-8-6-10(2,3)9(12)11(4,5)7-8/h6H,7H2,1-5H3. The van der Waals surface area contributed by atoms with Crippen molar-refractivity contribution in [2.45, 2.75) is 41.0 Å². The molecule has 0 aromatic carbocycles. The predicted molar refractivity (Wildman–Crippen MR) is 50.9 cm³/mol. The molecule has 0 fully saturated rings. The minimum Gasteiger partial charge on any atom is -0.298 e. The molecule has 0 aromatic rings. The lowest BCUT2D eigenvalue weighted by atomic mass is 9.66. The van der Waals surface area contributed by atoms with Gasteiger partial charge in [0.1, 0.15) is 5.78 Å². The van der Waals surface area contributed by atoms with Crippen LogP contribution < -0.4 is 0 Å². The number of carbonyl (C=O) groups is 1.